The van der Waals surface area contributed by atoms with Gasteiger partial charge in [0.05, 0.1) is 18.4 Å². The van der Waals surface area contributed by atoms with Crippen LogP contribution in [0.3, 0.4) is 0 Å². The van der Waals surface area contributed by atoms with E-state index in [0.29, 0.717) is 12.2 Å². The largest absolute Gasteiger partial charge is 0.494 e. The van der Waals surface area contributed by atoms with Gasteiger partial charge in [0.1, 0.15) is 5.75 Å². The first kappa shape index (κ1) is 14.8. The third-order valence-electron chi connectivity index (χ3n) is 2.82. The van der Waals surface area contributed by atoms with Crippen molar-refractivity contribution in [2.75, 3.05) is 6.61 Å². The summed E-state index contributed by atoms with van der Waals surface area (Å²) in [5, 5.41) is 3.70. The van der Waals surface area contributed by atoms with Crippen LogP contribution in [-0.4, -0.2) is 18.8 Å². The molecule has 0 saturated heterocycles. The van der Waals surface area contributed by atoms with Crippen molar-refractivity contribution in [3.8, 4) is 5.75 Å². The number of carbonyl (C=O) groups is 1. The number of oxime groups is 1. The standard InChI is InChI=1S/C17H17NO3/c1-3-20-16-10-6-14(7-11-16)12-18-21-17(19)15-8-4-13(2)5-9-15/h4-12H,3H2,1-2H3/b18-12+. The van der Waals surface area contributed by atoms with Gasteiger partial charge in [-0.2, -0.15) is 0 Å². The molecule has 0 aliphatic carbocycles. The van der Waals surface area contributed by atoms with Gasteiger partial charge in [-0.05, 0) is 55.8 Å². The zero-order valence-electron chi connectivity index (χ0n) is 12.1. The Morgan fingerprint density at radius 2 is 1.76 bits per heavy atom. The number of aryl methyl sites for hydroxylation is 1. The monoisotopic (exact) mass is 283 g/mol. The second-order valence-electron chi connectivity index (χ2n) is 4.48. The topological polar surface area (TPSA) is 47.9 Å². The van der Waals surface area contributed by atoms with Crippen molar-refractivity contribution in [1.82, 2.24) is 0 Å². The van der Waals surface area contributed by atoms with E-state index in [2.05, 4.69) is 5.16 Å². The smallest absolute Gasteiger partial charge is 0.365 e. The fourth-order valence-corrected chi connectivity index (χ4v) is 1.69. The van der Waals surface area contributed by atoms with E-state index in [1.165, 1.54) is 6.21 Å². The fraction of sp³-hybridized carbons (Fsp3) is 0.176. The fourth-order valence-electron chi connectivity index (χ4n) is 1.69. The molecule has 0 aliphatic heterocycles. The molecule has 0 spiro atoms. The first-order valence-corrected chi connectivity index (χ1v) is 6.73. The van der Waals surface area contributed by atoms with Crippen LogP contribution in [0.2, 0.25) is 0 Å². The van der Waals surface area contributed by atoms with E-state index in [4.69, 9.17) is 9.57 Å². The molecule has 0 N–H and O–H groups in total. The molecule has 2 aromatic rings. The average Bonchev–Trinajstić information content (AvgIpc) is 2.50. The number of hydrogen-bond acceptors (Lipinski definition) is 4. The lowest BCUT2D eigenvalue weighted by molar-refractivity contribution is 0.0519. The minimum Gasteiger partial charge on any atom is -0.494 e. The van der Waals surface area contributed by atoms with E-state index in [1.807, 2.05) is 50.2 Å². The predicted octanol–water partition coefficient (Wildman–Crippen LogP) is 3.58. The lowest BCUT2D eigenvalue weighted by atomic mass is 10.2. The molecule has 0 bridgehead atoms. The van der Waals surface area contributed by atoms with E-state index >= 15 is 0 Å². The Labute approximate surface area is 124 Å². The molecule has 0 aliphatic rings. The van der Waals surface area contributed by atoms with Gasteiger partial charge in [-0.1, -0.05) is 22.9 Å². The summed E-state index contributed by atoms with van der Waals surface area (Å²) in [6, 6.07) is 14.5. The van der Waals surface area contributed by atoms with Crippen LogP contribution in [0.15, 0.2) is 53.7 Å². The van der Waals surface area contributed by atoms with Crippen molar-refractivity contribution in [1.29, 1.82) is 0 Å². The zero-order valence-corrected chi connectivity index (χ0v) is 12.1. The summed E-state index contributed by atoms with van der Waals surface area (Å²) in [5.41, 5.74) is 2.39. The van der Waals surface area contributed by atoms with E-state index in [9.17, 15) is 4.79 Å². The Bertz CT molecular complexity index is 615. The van der Waals surface area contributed by atoms with E-state index < -0.39 is 5.97 Å². The Hall–Kier alpha value is -2.62. The number of benzene rings is 2. The maximum Gasteiger partial charge on any atom is 0.365 e. The van der Waals surface area contributed by atoms with E-state index in [0.717, 1.165) is 16.9 Å². The van der Waals surface area contributed by atoms with Crippen LogP contribution in [0.5, 0.6) is 5.75 Å². The molecule has 0 amide bonds. The van der Waals surface area contributed by atoms with Crippen LogP contribution in [-0.2, 0) is 4.84 Å². The van der Waals surface area contributed by atoms with Crippen molar-refractivity contribution >= 4 is 12.2 Å². The summed E-state index contributed by atoms with van der Waals surface area (Å²) in [5.74, 6) is 0.323. The number of rotatable bonds is 5. The average molecular weight is 283 g/mol. The normalized spacial score (nSPS) is 10.6. The van der Waals surface area contributed by atoms with Gasteiger partial charge in [0, 0.05) is 0 Å². The summed E-state index contributed by atoms with van der Waals surface area (Å²) >= 11 is 0. The van der Waals surface area contributed by atoms with Gasteiger partial charge in [-0.3, -0.25) is 0 Å². The van der Waals surface area contributed by atoms with Crippen molar-refractivity contribution < 1.29 is 14.4 Å². The van der Waals surface area contributed by atoms with Crippen molar-refractivity contribution in [3.05, 3.63) is 65.2 Å². The molecule has 0 saturated carbocycles. The van der Waals surface area contributed by atoms with Gasteiger partial charge in [0.15, 0.2) is 0 Å². The first-order chi connectivity index (χ1) is 10.2. The van der Waals surface area contributed by atoms with Crippen LogP contribution >= 0.6 is 0 Å². The lowest BCUT2D eigenvalue weighted by Crippen LogP contribution is -2.00. The van der Waals surface area contributed by atoms with Gasteiger partial charge < -0.3 is 9.57 Å². The van der Waals surface area contributed by atoms with Gasteiger partial charge >= 0.3 is 5.97 Å². The summed E-state index contributed by atoms with van der Waals surface area (Å²) in [7, 11) is 0. The van der Waals surface area contributed by atoms with Crippen LogP contribution < -0.4 is 4.74 Å². The van der Waals surface area contributed by atoms with Crippen LogP contribution in [0.25, 0.3) is 0 Å². The highest BCUT2D eigenvalue weighted by molar-refractivity contribution is 5.90. The number of carbonyl (C=O) groups excluding carboxylic acids is 1. The molecule has 0 unspecified atom stereocenters. The van der Waals surface area contributed by atoms with Crippen LogP contribution in [0.1, 0.15) is 28.4 Å². The summed E-state index contributed by atoms with van der Waals surface area (Å²) in [6.07, 6.45) is 1.49. The molecule has 0 fully saturated rings. The minimum atomic E-state index is -0.475. The van der Waals surface area contributed by atoms with Crippen molar-refractivity contribution in [3.63, 3.8) is 0 Å². The summed E-state index contributed by atoms with van der Waals surface area (Å²) in [4.78, 5) is 16.6. The Balaban J connectivity index is 1.92. The molecule has 2 rings (SSSR count). The van der Waals surface area contributed by atoms with Gasteiger partial charge in [-0.25, -0.2) is 4.79 Å². The Kier molecular flexibility index (Phi) is 5.10. The van der Waals surface area contributed by atoms with E-state index in [1.54, 1.807) is 12.1 Å². The SMILES string of the molecule is CCOc1ccc(/C=N/OC(=O)c2ccc(C)cc2)cc1. The molecule has 0 heterocycles. The molecule has 0 radical (unpaired) electrons. The molecular formula is C17H17NO3. The third kappa shape index (κ3) is 4.45. The molecule has 4 heteroatoms. The first-order valence-electron chi connectivity index (χ1n) is 6.73. The van der Waals surface area contributed by atoms with Crippen LogP contribution in [0, 0.1) is 6.92 Å². The summed E-state index contributed by atoms with van der Waals surface area (Å²) < 4.78 is 5.34. The second-order valence-corrected chi connectivity index (χ2v) is 4.48. The highest BCUT2D eigenvalue weighted by Gasteiger charge is 2.05. The molecule has 4 nitrogen and oxygen atoms in total. The summed E-state index contributed by atoms with van der Waals surface area (Å²) in [6.45, 7) is 4.51. The number of hydrogen-bond donors (Lipinski definition) is 0. The highest BCUT2D eigenvalue weighted by atomic mass is 16.7. The molecular weight excluding hydrogens is 266 g/mol. The quantitative estimate of drug-likeness (QED) is 0.478. The van der Waals surface area contributed by atoms with Gasteiger partial charge in [0.25, 0.3) is 0 Å². The maximum atomic E-state index is 11.7. The highest BCUT2D eigenvalue weighted by Crippen LogP contribution is 2.11. The van der Waals surface area contributed by atoms with Gasteiger partial charge in [-0.15, -0.1) is 0 Å². The molecule has 0 atom stereocenters. The van der Waals surface area contributed by atoms with Crippen molar-refractivity contribution in [2.45, 2.75) is 13.8 Å². The zero-order chi connectivity index (χ0) is 15.1. The Morgan fingerprint density at radius 3 is 2.38 bits per heavy atom. The van der Waals surface area contributed by atoms with Gasteiger partial charge in [0.2, 0.25) is 0 Å². The molecule has 21 heavy (non-hydrogen) atoms. The molecule has 0 aromatic heterocycles. The van der Waals surface area contributed by atoms with Crippen LogP contribution in [0.4, 0.5) is 0 Å². The molecule has 2 aromatic carbocycles. The van der Waals surface area contributed by atoms with E-state index in [-0.39, 0.29) is 0 Å². The second kappa shape index (κ2) is 7.24. The third-order valence-corrected chi connectivity index (χ3v) is 2.82. The Morgan fingerprint density at radius 1 is 1.10 bits per heavy atom. The van der Waals surface area contributed by atoms with Crippen molar-refractivity contribution in [2.24, 2.45) is 5.16 Å². The minimum absolute atomic E-state index is 0.475. The number of ether oxygens (including phenoxy) is 1. The number of nitrogens with zero attached hydrogens (tertiary/aromatic N) is 1. The predicted molar refractivity (Wildman–Crippen MR) is 81.8 cm³/mol. The lowest BCUT2D eigenvalue weighted by Gasteiger charge is -2.02. The molecule has 108 valence electrons. The maximum absolute atomic E-state index is 11.7.